The van der Waals surface area contributed by atoms with E-state index >= 15 is 0 Å². The quantitative estimate of drug-likeness (QED) is 0.472. The standard InChI is InChI=1S/C22H30O5Si2/c1-15(23)19-11-9-17(25-3)13-21(19)28(5,6)27-29(7,8)22-14-18(26-4)10-12-20(22)16(2)24/h9-14H,1-8H3. The molecule has 0 bridgehead atoms. The molecule has 0 radical (unpaired) electrons. The molecule has 0 aliphatic rings. The Kier molecular flexibility index (Phi) is 6.87. The molecule has 2 aromatic carbocycles. The molecule has 0 atom stereocenters. The highest BCUT2D eigenvalue weighted by Crippen LogP contribution is 2.23. The van der Waals surface area contributed by atoms with Gasteiger partial charge in [0.2, 0.25) is 16.6 Å². The maximum atomic E-state index is 12.3. The number of carbonyl (C=O) groups is 2. The second-order valence-corrected chi connectivity index (χ2v) is 16.0. The van der Waals surface area contributed by atoms with Crippen molar-refractivity contribution in [1.29, 1.82) is 0 Å². The largest absolute Gasteiger partial charge is 0.497 e. The summed E-state index contributed by atoms with van der Waals surface area (Å²) in [6.45, 7) is 11.4. The number of ketones is 2. The minimum absolute atomic E-state index is 0.00268. The topological polar surface area (TPSA) is 61.8 Å². The first-order valence-corrected chi connectivity index (χ1v) is 15.3. The van der Waals surface area contributed by atoms with Gasteiger partial charge in [-0.2, -0.15) is 0 Å². The molecule has 0 fully saturated rings. The van der Waals surface area contributed by atoms with Gasteiger partial charge in [-0.25, -0.2) is 0 Å². The Bertz CT molecular complexity index is 859. The monoisotopic (exact) mass is 430 g/mol. The molecular weight excluding hydrogens is 400 g/mol. The van der Waals surface area contributed by atoms with Crippen molar-refractivity contribution in [2.45, 2.75) is 40.0 Å². The van der Waals surface area contributed by atoms with Crippen LogP contribution in [0.4, 0.5) is 0 Å². The zero-order chi connectivity index (χ0) is 22.0. The van der Waals surface area contributed by atoms with Crippen molar-refractivity contribution >= 4 is 38.6 Å². The molecule has 7 heteroatoms. The minimum Gasteiger partial charge on any atom is -0.497 e. The first kappa shape index (κ1) is 23.1. The second kappa shape index (κ2) is 8.65. The van der Waals surface area contributed by atoms with Gasteiger partial charge in [0.25, 0.3) is 0 Å². The molecule has 0 unspecified atom stereocenters. The summed E-state index contributed by atoms with van der Waals surface area (Å²) in [4.78, 5) is 24.5. The van der Waals surface area contributed by atoms with E-state index in [1.54, 1.807) is 52.3 Å². The van der Waals surface area contributed by atoms with E-state index in [-0.39, 0.29) is 11.6 Å². The molecule has 156 valence electrons. The normalized spacial score (nSPS) is 11.9. The molecular formula is C22H30O5Si2. The number of ether oxygens (including phenoxy) is 2. The van der Waals surface area contributed by atoms with Gasteiger partial charge in [-0.3, -0.25) is 9.59 Å². The van der Waals surface area contributed by atoms with Gasteiger partial charge in [0, 0.05) is 11.1 Å². The molecule has 0 aliphatic carbocycles. The van der Waals surface area contributed by atoms with Crippen LogP contribution in [0.3, 0.4) is 0 Å². The van der Waals surface area contributed by atoms with Crippen molar-refractivity contribution in [3.05, 3.63) is 47.5 Å². The van der Waals surface area contributed by atoms with Gasteiger partial charge < -0.3 is 13.6 Å². The van der Waals surface area contributed by atoms with E-state index in [0.717, 1.165) is 10.4 Å². The SMILES string of the molecule is COc1ccc(C(C)=O)c([Si](C)(C)O[Si](C)(C)c2cc(OC)ccc2C(C)=O)c1. The summed E-state index contributed by atoms with van der Waals surface area (Å²) in [5, 5.41) is 1.80. The summed E-state index contributed by atoms with van der Waals surface area (Å²) < 4.78 is 17.6. The van der Waals surface area contributed by atoms with Crippen molar-refractivity contribution < 1.29 is 23.2 Å². The van der Waals surface area contributed by atoms with Crippen molar-refractivity contribution in [3.8, 4) is 11.5 Å². The molecule has 0 N–H and O–H groups in total. The lowest BCUT2D eigenvalue weighted by Gasteiger charge is -2.36. The molecule has 2 aromatic rings. The Labute approximate surface area is 175 Å². The molecule has 0 spiro atoms. The number of methoxy groups -OCH3 is 2. The Hall–Kier alpha value is -2.23. The molecule has 0 heterocycles. The summed E-state index contributed by atoms with van der Waals surface area (Å²) in [6.07, 6.45) is 0. The lowest BCUT2D eigenvalue weighted by atomic mass is 10.1. The number of rotatable bonds is 8. The lowest BCUT2D eigenvalue weighted by Crippen LogP contribution is -2.59. The van der Waals surface area contributed by atoms with E-state index in [2.05, 4.69) is 26.2 Å². The molecule has 0 aliphatic heterocycles. The Balaban J connectivity index is 2.57. The van der Waals surface area contributed by atoms with E-state index in [9.17, 15) is 9.59 Å². The maximum Gasteiger partial charge on any atom is 0.206 e. The predicted octanol–water partition coefficient (Wildman–Crippen LogP) is 3.65. The van der Waals surface area contributed by atoms with Gasteiger partial charge in [-0.15, -0.1) is 0 Å². The van der Waals surface area contributed by atoms with Gasteiger partial charge in [0.1, 0.15) is 11.5 Å². The van der Waals surface area contributed by atoms with Crippen molar-refractivity contribution in [1.82, 2.24) is 0 Å². The summed E-state index contributed by atoms with van der Waals surface area (Å²) in [5.74, 6) is 1.38. The fourth-order valence-corrected chi connectivity index (χ4v) is 12.4. The van der Waals surface area contributed by atoms with E-state index < -0.39 is 16.6 Å². The maximum absolute atomic E-state index is 12.3. The van der Waals surface area contributed by atoms with E-state index in [0.29, 0.717) is 22.6 Å². The Morgan fingerprint density at radius 3 is 1.31 bits per heavy atom. The third kappa shape index (κ3) is 5.04. The number of Topliss-reactive ketones (excluding diaryl/α,β-unsaturated/α-hetero) is 2. The van der Waals surface area contributed by atoms with Crippen LogP contribution in [0.5, 0.6) is 11.5 Å². The van der Waals surface area contributed by atoms with Gasteiger partial charge in [-0.05, 0) is 86.8 Å². The van der Waals surface area contributed by atoms with Crippen LogP contribution < -0.4 is 19.8 Å². The highest BCUT2D eigenvalue weighted by Gasteiger charge is 2.39. The van der Waals surface area contributed by atoms with E-state index in [1.807, 2.05) is 12.1 Å². The summed E-state index contributed by atoms with van der Waals surface area (Å²) >= 11 is 0. The second-order valence-electron chi connectivity index (χ2n) is 8.06. The van der Waals surface area contributed by atoms with Gasteiger partial charge >= 0.3 is 0 Å². The Morgan fingerprint density at radius 1 is 0.690 bits per heavy atom. The van der Waals surface area contributed by atoms with Crippen LogP contribution in [0, 0.1) is 0 Å². The zero-order valence-corrected chi connectivity index (χ0v) is 20.5. The average molecular weight is 431 g/mol. The highest BCUT2D eigenvalue weighted by molar-refractivity contribution is 6.97. The van der Waals surface area contributed by atoms with Gasteiger partial charge in [0.15, 0.2) is 11.6 Å². The Morgan fingerprint density at radius 2 is 1.03 bits per heavy atom. The highest BCUT2D eigenvalue weighted by atomic mass is 28.4. The minimum atomic E-state index is -2.53. The predicted molar refractivity (Wildman–Crippen MR) is 121 cm³/mol. The van der Waals surface area contributed by atoms with Gasteiger partial charge in [-0.1, -0.05) is 0 Å². The number of benzene rings is 2. The number of carbonyl (C=O) groups excluding carboxylic acids is 2. The fourth-order valence-electron chi connectivity index (χ4n) is 3.66. The zero-order valence-electron chi connectivity index (χ0n) is 18.5. The number of hydrogen-bond acceptors (Lipinski definition) is 5. The van der Waals surface area contributed by atoms with E-state index in [1.165, 1.54) is 0 Å². The summed E-state index contributed by atoms with van der Waals surface area (Å²) in [6, 6.07) is 11.0. The third-order valence-electron chi connectivity index (χ3n) is 5.02. The third-order valence-corrected chi connectivity index (χ3v) is 12.5. The van der Waals surface area contributed by atoms with Gasteiger partial charge in [0.05, 0.1) is 14.2 Å². The molecule has 0 aromatic heterocycles. The van der Waals surface area contributed by atoms with Crippen LogP contribution in [0.15, 0.2) is 36.4 Å². The van der Waals surface area contributed by atoms with Crippen LogP contribution in [0.2, 0.25) is 26.2 Å². The van der Waals surface area contributed by atoms with Crippen molar-refractivity contribution in [2.75, 3.05) is 14.2 Å². The first-order chi connectivity index (χ1) is 13.4. The first-order valence-electron chi connectivity index (χ1n) is 9.52. The summed E-state index contributed by atoms with van der Waals surface area (Å²) in [7, 11) is -1.84. The van der Waals surface area contributed by atoms with Crippen LogP contribution in [0.25, 0.3) is 0 Å². The van der Waals surface area contributed by atoms with Crippen molar-refractivity contribution in [2.24, 2.45) is 0 Å². The lowest BCUT2D eigenvalue weighted by molar-refractivity contribution is 0.101. The summed E-state index contributed by atoms with van der Waals surface area (Å²) in [5.41, 5.74) is 1.31. The fraction of sp³-hybridized carbons (Fsp3) is 0.364. The molecule has 2 rings (SSSR count). The van der Waals surface area contributed by atoms with Crippen LogP contribution >= 0.6 is 0 Å². The molecule has 0 saturated carbocycles. The van der Waals surface area contributed by atoms with Crippen molar-refractivity contribution in [3.63, 3.8) is 0 Å². The molecule has 0 amide bonds. The average Bonchev–Trinajstić information content (AvgIpc) is 2.65. The van der Waals surface area contributed by atoms with Crippen LogP contribution in [-0.4, -0.2) is 42.4 Å². The van der Waals surface area contributed by atoms with Crippen LogP contribution in [0.1, 0.15) is 34.6 Å². The smallest absolute Gasteiger partial charge is 0.206 e. The molecule has 5 nitrogen and oxygen atoms in total. The molecule has 29 heavy (non-hydrogen) atoms. The molecule has 0 saturated heterocycles. The van der Waals surface area contributed by atoms with E-state index in [4.69, 9.17) is 13.6 Å². The van der Waals surface area contributed by atoms with Crippen LogP contribution in [-0.2, 0) is 4.12 Å². The number of hydrogen-bond donors (Lipinski definition) is 0.